The van der Waals surface area contributed by atoms with Gasteiger partial charge in [0.1, 0.15) is 12.0 Å². The maximum absolute atomic E-state index is 5.79. The highest BCUT2D eigenvalue weighted by atomic mass is 14.9. The summed E-state index contributed by atoms with van der Waals surface area (Å²) in [4.78, 5) is 16.4. The Labute approximate surface area is 130 Å². The van der Waals surface area contributed by atoms with E-state index in [1.165, 1.54) is 12.8 Å². The fourth-order valence-electron chi connectivity index (χ4n) is 2.98. The Morgan fingerprint density at radius 3 is 2.91 bits per heavy atom. The number of nitrogens with one attached hydrogen (secondary N) is 2. The summed E-state index contributed by atoms with van der Waals surface area (Å²) in [6.45, 7) is 0. The number of aliphatic imine (C=N–C) groups is 1. The summed E-state index contributed by atoms with van der Waals surface area (Å²) in [5.74, 6) is 0. The summed E-state index contributed by atoms with van der Waals surface area (Å²) in [5, 5.41) is 4.30. The second kappa shape index (κ2) is 6.70. The monoisotopic (exact) mass is 298 g/mol. The van der Waals surface area contributed by atoms with Crippen LogP contribution < -0.4 is 11.1 Å². The van der Waals surface area contributed by atoms with Crippen LogP contribution in [0.2, 0.25) is 0 Å². The molecule has 6 heteroatoms. The lowest BCUT2D eigenvalue weighted by molar-refractivity contribution is 0.360. The van der Waals surface area contributed by atoms with E-state index in [1.54, 1.807) is 12.5 Å². The Bertz CT molecular complexity index is 679. The van der Waals surface area contributed by atoms with Gasteiger partial charge in [0.05, 0.1) is 11.7 Å². The number of fused-ring (bicyclic) bond motifs is 1. The molecule has 2 heterocycles. The molecule has 22 heavy (non-hydrogen) atoms. The number of aromatic nitrogens is 3. The largest absolute Gasteiger partial charge is 0.404 e. The number of rotatable bonds is 4. The van der Waals surface area contributed by atoms with E-state index in [4.69, 9.17) is 10.7 Å². The molecule has 2 aromatic heterocycles. The smallest absolute Gasteiger partial charge is 0.141 e. The average molecular weight is 298 g/mol. The van der Waals surface area contributed by atoms with E-state index in [9.17, 15) is 0 Å². The van der Waals surface area contributed by atoms with Crippen molar-refractivity contribution in [3.8, 4) is 0 Å². The Morgan fingerprint density at radius 1 is 1.36 bits per heavy atom. The number of aromatic amines is 1. The molecule has 0 aliphatic heterocycles. The third-order valence-electron chi connectivity index (χ3n) is 4.34. The van der Waals surface area contributed by atoms with Crippen molar-refractivity contribution in [2.24, 2.45) is 10.7 Å². The van der Waals surface area contributed by atoms with Gasteiger partial charge in [-0.15, -0.1) is 0 Å². The van der Waals surface area contributed by atoms with Crippen LogP contribution in [0.4, 0.5) is 0 Å². The maximum Gasteiger partial charge on any atom is 0.141 e. The number of nitrogens with two attached hydrogens (primary N) is 1. The van der Waals surface area contributed by atoms with Crippen LogP contribution in [-0.4, -0.2) is 40.3 Å². The SMILES string of the molecule is CNC1CCC(N=CC(=CN)c2ncnc3[nH]ccc23)CC1. The normalized spacial score (nSPS) is 23.4. The zero-order valence-corrected chi connectivity index (χ0v) is 12.8. The first-order valence-corrected chi connectivity index (χ1v) is 7.72. The molecular formula is C16H22N6. The minimum absolute atomic E-state index is 0.378. The molecule has 4 N–H and O–H groups in total. The lowest BCUT2D eigenvalue weighted by Gasteiger charge is -2.25. The number of hydrogen-bond donors (Lipinski definition) is 3. The molecule has 0 amide bonds. The third kappa shape index (κ3) is 3.01. The molecule has 0 saturated heterocycles. The molecule has 1 aliphatic rings. The molecule has 1 saturated carbocycles. The Hall–Kier alpha value is -2.21. The lowest BCUT2D eigenvalue weighted by atomic mass is 9.92. The lowest BCUT2D eigenvalue weighted by Crippen LogP contribution is -2.31. The van der Waals surface area contributed by atoms with E-state index < -0.39 is 0 Å². The zero-order valence-electron chi connectivity index (χ0n) is 12.8. The van der Waals surface area contributed by atoms with Crippen molar-refractivity contribution in [3.63, 3.8) is 0 Å². The third-order valence-corrected chi connectivity index (χ3v) is 4.34. The minimum atomic E-state index is 0.378. The fourth-order valence-corrected chi connectivity index (χ4v) is 2.98. The molecule has 0 aromatic carbocycles. The quantitative estimate of drug-likeness (QED) is 0.751. The van der Waals surface area contributed by atoms with Gasteiger partial charge in [-0.25, -0.2) is 9.97 Å². The zero-order chi connectivity index (χ0) is 15.4. The van der Waals surface area contributed by atoms with Crippen LogP contribution in [0.1, 0.15) is 31.4 Å². The van der Waals surface area contributed by atoms with Gasteiger partial charge in [-0.2, -0.15) is 0 Å². The van der Waals surface area contributed by atoms with Crippen molar-refractivity contribution < 1.29 is 0 Å². The minimum Gasteiger partial charge on any atom is -0.404 e. The van der Waals surface area contributed by atoms with Crippen LogP contribution in [0.25, 0.3) is 16.6 Å². The van der Waals surface area contributed by atoms with Gasteiger partial charge in [0, 0.05) is 35.6 Å². The summed E-state index contributed by atoms with van der Waals surface area (Å²) in [5.41, 5.74) is 8.26. The van der Waals surface area contributed by atoms with E-state index in [1.807, 2.05) is 25.5 Å². The molecule has 3 rings (SSSR count). The van der Waals surface area contributed by atoms with Gasteiger partial charge in [0.25, 0.3) is 0 Å². The number of hydrogen-bond acceptors (Lipinski definition) is 5. The van der Waals surface area contributed by atoms with Crippen molar-refractivity contribution in [1.82, 2.24) is 20.3 Å². The van der Waals surface area contributed by atoms with Gasteiger partial charge in [0.15, 0.2) is 0 Å². The van der Waals surface area contributed by atoms with Crippen molar-refractivity contribution in [2.45, 2.75) is 37.8 Å². The standard InChI is InChI=1S/C16H22N6/c1-18-12-2-4-13(5-3-12)20-9-11(8-17)15-14-6-7-19-16(14)22-10-21-15/h6-10,12-13,18H,2-5,17H2,1H3,(H,19,21,22). The summed E-state index contributed by atoms with van der Waals surface area (Å²) < 4.78 is 0. The topological polar surface area (TPSA) is 92.0 Å². The maximum atomic E-state index is 5.79. The molecule has 1 fully saturated rings. The summed E-state index contributed by atoms with van der Waals surface area (Å²) >= 11 is 0. The highest BCUT2D eigenvalue weighted by Gasteiger charge is 2.19. The van der Waals surface area contributed by atoms with Crippen molar-refractivity contribution in [3.05, 3.63) is 30.5 Å². The highest BCUT2D eigenvalue weighted by molar-refractivity contribution is 6.13. The molecule has 0 radical (unpaired) electrons. The Balaban J connectivity index is 1.75. The number of nitrogens with zero attached hydrogens (tertiary/aromatic N) is 3. The summed E-state index contributed by atoms with van der Waals surface area (Å²) in [7, 11) is 2.03. The molecule has 0 bridgehead atoms. The van der Waals surface area contributed by atoms with E-state index in [2.05, 4.69) is 20.3 Å². The predicted molar refractivity (Wildman–Crippen MR) is 89.6 cm³/mol. The van der Waals surface area contributed by atoms with E-state index in [-0.39, 0.29) is 0 Å². The number of H-pyrrole nitrogens is 1. The molecule has 0 spiro atoms. The van der Waals surface area contributed by atoms with Gasteiger partial charge >= 0.3 is 0 Å². The van der Waals surface area contributed by atoms with Crippen molar-refractivity contribution >= 4 is 22.8 Å². The Kier molecular flexibility index (Phi) is 4.48. The van der Waals surface area contributed by atoms with E-state index in [0.717, 1.165) is 35.1 Å². The second-order valence-corrected chi connectivity index (χ2v) is 5.66. The summed E-state index contributed by atoms with van der Waals surface area (Å²) in [6.07, 6.45) is 11.4. The first-order valence-electron chi connectivity index (χ1n) is 7.72. The van der Waals surface area contributed by atoms with Crippen LogP contribution in [0, 0.1) is 0 Å². The highest BCUT2D eigenvalue weighted by Crippen LogP contribution is 2.23. The fraction of sp³-hybridized carbons (Fsp3) is 0.438. The Morgan fingerprint density at radius 2 is 2.18 bits per heavy atom. The first kappa shape index (κ1) is 14.7. The first-order chi connectivity index (χ1) is 10.8. The molecule has 0 atom stereocenters. The van der Waals surface area contributed by atoms with Gasteiger partial charge in [-0.1, -0.05) is 0 Å². The van der Waals surface area contributed by atoms with Crippen molar-refractivity contribution in [2.75, 3.05) is 7.05 Å². The predicted octanol–water partition coefficient (Wildman–Crippen LogP) is 1.86. The van der Waals surface area contributed by atoms with Gasteiger partial charge in [-0.3, -0.25) is 4.99 Å². The molecule has 1 aliphatic carbocycles. The van der Waals surface area contributed by atoms with Gasteiger partial charge < -0.3 is 16.0 Å². The molecule has 6 nitrogen and oxygen atoms in total. The van der Waals surface area contributed by atoms with Crippen LogP contribution in [0.5, 0.6) is 0 Å². The van der Waals surface area contributed by atoms with E-state index >= 15 is 0 Å². The molecule has 2 aromatic rings. The number of allylic oxidation sites excluding steroid dienone is 1. The van der Waals surface area contributed by atoms with Gasteiger partial charge in [0.2, 0.25) is 0 Å². The second-order valence-electron chi connectivity index (χ2n) is 5.66. The van der Waals surface area contributed by atoms with Crippen LogP contribution in [0.15, 0.2) is 29.8 Å². The van der Waals surface area contributed by atoms with Gasteiger partial charge in [-0.05, 0) is 38.8 Å². The van der Waals surface area contributed by atoms with E-state index in [0.29, 0.717) is 12.1 Å². The van der Waals surface area contributed by atoms with Crippen LogP contribution in [-0.2, 0) is 0 Å². The molecule has 116 valence electrons. The molecular weight excluding hydrogens is 276 g/mol. The van der Waals surface area contributed by atoms with Crippen molar-refractivity contribution in [1.29, 1.82) is 0 Å². The van der Waals surface area contributed by atoms with Crippen LogP contribution >= 0.6 is 0 Å². The summed E-state index contributed by atoms with van der Waals surface area (Å²) in [6, 6.07) is 2.97. The average Bonchev–Trinajstić information content (AvgIpc) is 3.05. The molecule has 0 unspecified atom stereocenters. The van der Waals surface area contributed by atoms with Crippen LogP contribution in [0.3, 0.4) is 0 Å².